The maximum absolute atomic E-state index is 13.0. The molecule has 2 atom stereocenters. The summed E-state index contributed by atoms with van der Waals surface area (Å²) in [5.74, 6) is 0.221. The van der Waals surface area contributed by atoms with Gasteiger partial charge in [-0.1, -0.05) is 18.6 Å². The fraction of sp³-hybridized carbons (Fsp3) is 0.556. The van der Waals surface area contributed by atoms with Gasteiger partial charge in [-0.05, 0) is 38.4 Å². The number of amides is 1. The number of hydrogen-bond acceptors (Lipinski definition) is 3. The number of benzene rings is 1. The predicted molar refractivity (Wildman–Crippen MR) is 90.2 cm³/mol. The summed E-state index contributed by atoms with van der Waals surface area (Å²) in [6.45, 7) is 5.95. The number of imidazole rings is 1. The second-order valence-corrected chi connectivity index (χ2v) is 6.79. The van der Waals surface area contributed by atoms with Crippen LogP contribution in [0.2, 0.25) is 0 Å². The van der Waals surface area contributed by atoms with Crippen LogP contribution in [0.25, 0.3) is 11.0 Å². The van der Waals surface area contributed by atoms with Crippen molar-refractivity contribution in [1.29, 1.82) is 0 Å². The number of carbonyl (C=O) groups excluding carboxylic acids is 1. The van der Waals surface area contributed by atoms with Crippen LogP contribution in [0.5, 0.6) is 0 Å². The molecule has 0 bridgehead atoms. The van der Waals surface area contributed by atoms with Crippen LogP contribution in [0, 0.1) is 0 Å². The Hall–Kier alpha value is -1.88. The molecule has 3 heterocycles. The van der Waals surface area contributed by atoms with Crippen LogP contribution in [0.3, 0.4) is 0 Å². The lowest BCUT2D eigenvalue weighted by molar-refractivity contribution is -0.137. The first-order chi connectivity index (χ1) is 11.2. The lowest BCUT2D eigenvalue weighted by Gasteiger charge is -2.44. The molecular formula is C18H24N4O. The minimum absolute atomic E-state index is 0.197. The zero-order valence-corrected chi connectivity index (χ0v) is 13.7. The molecule has 1 amide bonds. The standard InChI is InChI=1S/C18H24N4O/c1-14(22-13-19-16-7-2-3-8-17(16)22)18(23)21-11-10-20-9-5-4-6-15(20)12-21/h2-3,7-8,13-15H,4-6,9-12H2,1H3. The molecule has 1 aromatic heterocycles. The first-order valence-corrected chi connectivity index (χ1v) is 8.68. The van der Waals surface area contributed by atoms with Gasteiger partial charge in [-0.15, -0.1) is 0 Å². The molecule has 5 nitrogen and oxygen atoms in total. The van der Waals surface area contributed by atoms with Crippen LogP contribution in [-0.2, 0) is 4.79 Å². The van der Waals surface area contributed by atoms with E-state index in [1.54, 1.807) is 6.33 Å². The molecule has 2 unspecified atom stereocenters. The number of nitrogens with zero attached hydrogens (tertiary/aromatic N) is 4. The smallest absolute Gasteiger partial charge is 0.245 e. The van der Waals surface area contributed by atoms with Crippen molar-refractivity contribution in [1.82, 2.24) is 19.4 Å². The van der Waals surface area contributed by atoms with E-state index in [2.05, 4.69) is 14.8 Å². The summed E-state index contributed by atoms with van der Waals surface area (Å²) >= 11 is 0. The average Bonchev–Trinajstić information content (AvgIpc) is 3.04. The number of para-hydroxylation sites is 2. The van der Waals surface area contributed by atoms with Gasteiger partial charge in [0, 0.05) is 25.7 Å². The molecule has 2 aliphatic heterocycles. The highest BCUT2D eigenvalue weighted by Gasteiger charge is 2.33. The average molecular weight is 312 g/mol. The Labute approximate surface area is 136 Å². The normalized spacial score (nSPS) is 23.7. The van der Waals surface area contributed by atoms with E-state index in [1.165, 1.54) is 25.8 Å². The molecule has 0 saturated carbocycles. The molecule has 2 saturated heterocycles. The molecule has 0 spiro atoms. The van der Waals surface area contributed by atoms with Crippen molar-refractivity contribution in [3.63, 3.8) is 0 Å². The molecule has 23 heavy (non-hydrogen) atoms. The molecule has 122 valence electrons. The van der Waals surface area contributed by atoms with Gasteiger partial charge >= 0.3 is 0 Å². The van der Waals surface area contributed by atoms with Gasteiger partial charge in [0.15, 0.2) is 0 Å². The quantitative estimate of drug-likeness (QED) is 0.854. The molecule has 1 aromatic carbocycles. The van der Waals surface area contributed by atoms with Crippen molar-refractivity contribution in [2.24, 2.45) is 0 Å². The third kappa shape index (κ3) is 2.63. The zero-order valence-electron chi connectivity index (χ0n) is 13.7. The van der Waals surface area contributed by atoms with Crippen LogP contribution < -0.4 is 0 Å². The van der Waals surface area contributed by atoms with Gasteiger partial charge in [0.25, 0.3) is 0 Å². The molecule has 0 N–H and O–H groups in total. The van der Waals surface area contributed by atoms with Gasteiger partial charge in [0.1, 0.15) is 6.04 Å². The highest BCUT2D eigenvalue weighted by Crippen LogP contribution is 2.24. The topological polar surface area (TPSA) is 41.4 Å². The van der Waals surface area contributed by atoms with Crippen LogP contribution in [0.15, 0.2) is 30.6 Å². The molecule has 4 rings (SSSR count). The Kier molecular flexibility index (Phi) is 3.81. The van der Waals surface area contributed by atoms with Crippen molar-refractivity contribution in [2.45, 2.75) is 38.3 Å². The van der Waals surface area contributed by atoms with Gasteiger partial charge in [0.05, 0.1) is 17.4 Å². The van der Waals surface area contributed by atoms with Gasteiger partial charge in [-0.2, -0.15) is 0 Å². The van der Waals surface area contributed by atoms with Crippen molar-refractivity contribution in [2.75, 3.05) is 26.2 Å². The number of piperazine rings is 1. The van der Waals surface area contributed by atoms with Gasteiger partial charge in [-0.3, -0.25) is 9.69 Å². The molecule has 2 aliphatic rings. The number of rotatable bonds is 2. The number of aromatic nitrogens is 2. The maximum Gasteiger partial charge on any atom is 0.245 e. The highest BCUT2D eigenvalue weighted by atomic mass is 16.2. The Morgan fingerprint density at radius 1 is 1.22 bits per heavy atom. The first kappa shape index (κ1) is 14.7. The van der Waals surface area contributed by atoms with E-state index in [4.69, 9.17) is 0 Å². The minimum atomic E-state index is -0.197. The van der Waals surface area contributed by atoms with E-state index in [-0.39, 0.29) is 11.9 Å². The van der Waals surface area contributed by atoms with Crippen LogP contribution >= 0.6 is 0 Å². The van der Waals surface area contributed by atoms with E-state index in [1.807, 2.05) is 35.8 Å². The molecule has 0 radical (unpaired) electrons. The minimum Gasteiger partial charge on any atom is -0.338 e. The van der Waals surface area contributed by atoms with E-state index < -0.39 is 0 Å². The predicted octanol–water partition coefficient (Wildman–Crippen LogP) is 2.29. The number of hydrogen-bond donors (Lipinski definition) is 0. The summed E-state index contributed by atoms with van der Waals surface area (Å²) in [6, 6.07) is 8.37. The summed E-state index contributed by atoms with van der Waals surface area (Å²) in [6.07, 6.45) is 5.63. The van der Waals surface area contributed by atoms with Crippen LogP contribution in [0.1, 0.15) is 32.2 Å². The largest absolute Gasteiger partial charge is 0.338 e. The molecule has 2 aromatic rings. The fourth-order valence-electron chi connectivity index (χ4n) is 4.03. The SMILES string of the molecule is CC(C(=O)N1CCN2CCCCC2C1)n1cnc2ccccc21. The van der Waals surface area contributed by atoms with E-state index in [0.29, 0.717) is 6.04 Å². The van der Waals surface area contributed by atoms with Gasteiger partial charge in [0.2, 0.25) is 5.91 Å². The third-order valence-electron chi connectivity index (χ3n) is 5.40. The third-order valence-corrected chi connectivity index (χ3v) is 5.40. The Balaban J connectivity index is 1.52. The highest BCUT2D eigenvalue weighted by molar-refractivity contribution is 5.83. The molecule has 0 aliphatic carbocycles. The fourth-order valence-corrected chi connectivity index (χ4v) is 4.03. The Morgan fingerprint density at radius 3 is 3.00 bits per heavy atom. The van der Waals surface area contributed by atoms with Gasteiger partial charge < -0.3 is 9.47 Å². The molecular weight excluding hydrogens is 288 g/mol. The number of fused-ring (bicyclic) bond motifs is 2. The molecule has 2 fully saturated rings. The summed E-state index contributed by atoms with van der Waals surface area (Å²) in [5, 5.41) is 0. The first-order valence-electron chi connectivity index (χ1n) is 8.68. The second kappa shape index (κ2) is 5.96. The molecule has 5 heteroatoms. The summed E-state index contributed by atoms with van der Waals surface area (Å²) in [5.41, 5.74) is 1.98. The van der Waals surface area contributed by atoms with E-state index >= 15 is 0 Å². The lowest BCUT2D eigenvalue weighted by atomic mass is 9.99. The van der Waals surface area contributed by atoms with Crippen molar-refractivity contribution >= 4 is 16.9 Å². The maximum atomic E-state index is 13.0. The van der Waals surface area contributed by atoms with E-state index in [0.717, 1.165) is 30.7 Å². The summed E-state index contributed by atoms with van der Waals surface area (Å²) in [4.78, 5) is 22.0. The van der Waals surface area contributed by atoms with Crippen LogP contribution in [0.4, 0.5) is 0 Å². The van der Waals surface area contributed by atoms with Crippen LogP contribution in [-0.4, -0.2) is 57.5 Å². The summed E-state index contributed by atoms with van der Waals surface area (Å²) < 4.78 is 2.00. The van der Waals surface area contributed by atoms with Gasteiger partial charge in [-0.25, -0.2) is 4.98 Å². The monoisotopic (exact) mass is 312 g/mol. The Bertz CT molecular complexity index is 710. The lowest BCUT2D eigenvalue weighted by Crippen LogP contribution is -2.57. The number of piperidine rings is 1. The van der Waals surface area contributed by atoms with E-state index in [9.17, 15) is 4.79 Å². The summed E-state index contributed by atoms with van der Waals surface area (Å²) in [7, 11) is 0. The second-order valence-electron chi connectivity index (χ2n) is 6.79. The Morgan fingerprint density at radius 2 is 2.09 bits per heavy atom. The zero-order chi connectivity index (χ0) is 15.8. The van der Waals surface area contributed by atoms with Crippen molar-refractivity contribution in [3.8, 4) is 0 Å². The van der Waals surface area contributed by atoms with Crippen molar-refractivity contribution < 1.29 is 4.79 Å². The van der Waals surface area contributed by atoms with Crippen molar-refractivity contribution in [3.05, 3.63) is 30.6 Å². The number of carbonyl (C=O) groups is 1.